The van der Waals surface area contributed by atoms with Crippen LogP contribution in [0.2, 0.25) is 0 Å². The van der Waals surface area contributed by atoms with Crippen LogP contribution in [0.25, 0.3) is 110 Å². The fourth-order valence-corrected chi connectivity index (χ4v) is 8.84. The van der Waals surface area contributed by atoms with Gasteiger partial charge in [-0.1, -0.05) is 103 Å². The Morgan fingerprint density at radius 1 is 0.385 bits per heavy atom. The topological polar surface area (TPSA) is 35.6 Å². The summed E-state index contributed by atoms with van der Waals surface area (Å²) < 4.78 is 4.72. The molecule has 4 heteroatoms. The molecule has 4 heterocycles. The maximum atomic E-state index is 5.35. The number of aromatic nitrogens is 4. The third-order valence-corrected chi connectivity index (χ3v) is 11.1. The highest BCUT2D eigenvalue weighted by molar-refractivity contribution is 6.22. The van der Waals surface area contributed by atoms with E-state index in [0.717, 1.165) is 39.5 Å². The second-order valence-corrected chi connectivity index (χ2v) is 13.8. The van der Waals surface area contributed by atoms with E-state index in [1.165, 1.54) is 70.8 Å². The highest BCUT2D eigenvalue weighted by atomic mass is 15.1. The molecule has 0 saturated carbocycles. The van der Waals surface area contributed by atoms with Crippen molar-refractivity contribution in [1.29, 1.82) is 0 Å². The van der Waals surface area contributed by atoms with Gasteiger partial charge < -0.3 is 4.57 Å². The minimum Gasteiger partial charge on any atom is -0.309 e. The molecule has 0 fully saturated rings. The second kappa shape index (κ2) is 10.3. The molecule has 0 radical (unpaired) electrons. The Kier molecular flexibility index (Phi) is 5.47. The zero-order valence-electron chi connectivity index (χ0n) is 28.0. The molecular formula is C48H28N4. The van der Waals surface area contributed by atoms with Crippen molar-refractivity contribution in [2.45, 2.75) is 0 Å². The maximum Gasteiger partial charge on any atom is 0.139 e. The molecule has 0 N–H and O–H groups in total. The average molecular weight is 661 g/mol. The molecule has 0 amide bonds. The second-order valence-electron chi connectivity index (χ2n) is 13.8. The molecule has 240 valence electrons. The normalized spacial score (nSPS) is 12.2. The molecule has 0 bridgehead atoms. The van der Waals surface area contributed by atoms with Gasteiger partial charge in [-0.15, -0.1) is 0 Å². The summed E-state index contributed by atoms with van der Waals surface area (Å²) in [5.41, 5.74) is 12.5. The summed E-state index contributed by atoms with van der Waals surface area (Å²) in [4.78, 5) is 10.1. The van der Waals surface area contributed by atoms with Gasteiger partial charge in [-0.25, -0.2) is 4.98 Å². The first-order valence-corrected chi connectivity index (χ1v) is 17.7. The van der Waals surface area contributed by atoms with Gasteiger partial charge in [0.2, 0.25) is 0 Å². The van der Waals surface area contributed by atoms with Crippen molar-refractivity contribution >= 4 is 65.2 Å². The van der Waals surface area contributed by atoms with Gasteiger partial charge >= 0.3 is 0 Å². The summed E-state index contributed by atoms with van der Waals surface area (Å²) in [6.45, 7) is 0. The van der Waals surface area contributed by atoms with E-state index in [2.05, 4.69) is 167 Å². The van der Waals surface area contributed by atoms with Crippen LogP contribution in [0.15, 0.2) is 170 Å². The summed E-state index contributed by atoms with van der Waals surface area (Å²) in [6, 6.07) is 59.4. The Bertz CT molecular complexity index is 3290. The Labute approximate surface area is 298 Å². The number of fused-ring (bicyclic) bond motifs is 11. The molecule has 1 aliphatic rings. The van der Waals surface area contributed by atoms with Crippen LogP contribution in [0.5, 0.6) is 0 Å². The number of hydrogen-bond acceptors (Lipinski definition) is 2. The lowest BCUT2D eigenvalue weighted by Gasteiger charge is -2.11. The Morgan fingerprint density at radius 3 is 1.96 bits per heavy atom. The molecular weight excluding hydrogens is 633 g/mol. The maximum absolute atomic E-state index is 5.35. The Hall–Kier alpha value is -7.04. The number of hydrogen-bond donors (Lipinski definition) is 0. The van der Waals surface area contributed by atoms with Crippen LogP contribution in [-0.2, 0) is 0 Å². The van der Waals surface area contributed by atoms with Gasteiger partial charge in [-0.05, 0) is 93.5 Å². The van der Waals surface area contributed by atoms with E-state index in [1.54, 1.807) is 0 Å². The Morgan fingerprint density at radius 2 is 1.08 bits per heavy atom. The number of pyridine rings is 2. The van der Waals surface area contributed by atoms with E-state index in [-0.39, 0.29) is 0 Å². The van der Waals surface area contributed by atoms with E-state index in [0.29, 0.717) is 0 Å². The van der Waals surface area contributed by atoms with Gasteiger partial charge in [-0.2, -0.15) is 0 Å². The van der Waals surface area contributed by atoms with Crippen molar-refractivity contribution < 1.29 is 0 Å². The number of para-hydroxylation sites is 2. The molecule has 0 unspecified atom stereocenters. The van der Waals surface area contributed by atoms with Crippen molar-refractivity contribution in [3.63, 3.8) is 0 Å². The zero-order chi connectivity index (χ0) is 33.9. The fourth-order valence-electron chi connectivity index (χ4n) is 8.84. The van der Waals surface area contributed by atoms with Gasteiger partial charge in [-0.3, -0.25) is 9.55 Å². The largest absolute Gasteiger partial charge is 0.309 e. The van der Waals surface area contributed by atoms with E-state index in [1.807, 2.05) is 12.3 Å². The number of benzene rings is 7. The average Bonchev–Trinajstić information content (AvgIpc) is 3.84. The summed E-state index contributed by atoms with van der Waals surface area (Å²) in [6.07, 6.45) is 1.87. The van der Waals surface area contributed by atoms with Crippen molar-refractivity contribution in [3.05, 3.63) is 170 Å². The summed E-state index contributed by atoms with van der Waals surface area (Å²) >= 11 is 0. The molecule has 11 aromatic rings. The molecule has 1 aliphatic carbocycles. The number of rotatable bonds is 3. The minimum absolute atomic E-state index is 0.902. The van der Waals surface area contributed by atoms with Crippen molar-refractivity contribution in [3.8, 4) is 45.1 Å². The van der Waals surface area contributed by atoms with Gasteiger partial charge in [0.15, 0.2) is 0 Å². The molecule has 0 aliphatic heterocycles. The van der Waals surface area contributed by atoms with Crippen LogP contribution in [0.1, 0.15) is 0 Å². The smallest absolute Gasteiger partial charge is 0.139 e. The lowest BCUT2D eigenvalue weighted by molar-refractivity contribution is 1.09. The van der Waals surface area contributed by atoms with Crippen molar-refractivity contribution in [2.24, 2.45) is 0 Å². The zero-order valence-corrected chi connectivity index (χ0v) is 28.0. The molecule has 4 nitrogen and oxygen atoms in total. The van der Waals surface area contributed by atoms with Gasteiger partial charge in [0.25, 0.3) is 0 Å². The first-order valence-electron chi connectivity index (χ1n) is 17.7. The van der Waals surface area contributed by atoms with Crippen molar-refractivity contribution in [1.82, 2.24) is 19.1 Å². The first-order chi connectivity index (χ1) is 25.8. The van der Waals surface area contributed by atoms with E-state index >= 15 is 0 Å². The predicted molar refractivity (Wildman–Crippen MR) is 216 cm³/mol. The molecule has 0 atom stereocenters. The minimum atomic E-state index is 0.902. The van der Waals surface area contributed by atoms with Gasteiger partial charge in [0, 0.05) is 44.4 Å². The van der Waals surface area contributed by atoms with Crippen LogP contribution >= 0.6 is 0 Å². The molecule has 7 aromatic carbocycles. The fraction of sp³-hybridized carbons (Fsp3) is 0. The highest BCUT2D eigenvalue weighted by Gasteiger charge is 2.25. The summed E-state index contributed by atoms with van der Waals surface area (Å²) in [7, 11) is 0. The molecule has 52 heavy (non-hydrogen) atoms. The van der Waals surface area contributed by atoms with Crippen LogP contribution < -0.4 is 0 Å². The molecule has 12 rings (SSSR count). The first kappa shape index (κ1) is 27.7. The van der Waals surface area contributed by atoms with E-state index in [9.17, 15) is 0 Å². The van der Waals surface area contributed by atoms with Crippen LogP contribution in [0.3, 0.4) is 0 Å². The lowest BCUT2D eigenvalue weighted by atomic mass is 9.99. The highest BCUT2D eigenvalue weighted by Crippen LogP contribution is 2.46. The van der Waals surface area contributed by atoms with Crippen molar-refractivity contribution in [2.75, 3.05) is 0 Å². The SMILES string of the molecule is c1ccc(-n2c3ccc(-c4ccc5c(c4)c4ccccc4n5-c4cc5cccc6c5c(n4)-c4ncccc4-6)cc3c3c4ccccc4ccc32)cc1. The molecule has 0 spiro atoms. The monoisotopic (exact) mass is 660 g/mol. The lowest BCUT2D eigenvalue weighted by Crippen LogP contribution is -1.99. The third kappa shape index (κ3) is 3.70. The van der Waals surface area contributed by atoms with E-state index in [4.69, 9.17) is 9.97 Å². The predicted octanol–water partition coefficient (Wildman–Crippen LogP) is 12.3. The summed E-state index contributed by atoms with van der Waals surface area (Å²) in [5.74, 6) is 0.902. The van der Waals surface area contributed by atoms with Gasteiger partial charge in [0.05, 0.1) is 27.8 Å². The standard InChI is InChI=1S/C48H28N4/c1-2-12-33(13-3-1)51-42-23-21-31(27-39(42)46-34-14-5-4-10-29(34)19-24-43(46)51)30-20-22-41-38(26-30)35-15-6-7-18-40(35)52(41)44-28-32-11-8-16-36-37-17-9-25-49-47(37)48(50-44)45(32)36/h1-28H. The molecule has 4 aromatic heterocycles. The molecule has 0 saturated heterocycles. The van der Waals surface area contributed by atoms with Crippen LogP contribution in [0.4, 0.5) is 0 Å². The van der Waals surface area contributed by atoms with Gasteiger partial charge in [0.1, 0.15) is 11.5 Å². The van der Waals surface area contributed by atoms with Crippen LogP contribution in [0, 0.1) is 0 Å². The Balaban J connectivity index is 1.09. The third-order valence-electron chi connectivity index (χ3n) is 11.1. The summed E-state index contributed by atoms with van der Waals surface area (Å²) in [5, 5.41) is 9.82. The number of nitrogens with zero attached hydrogens (tertiary/aromatic N) is 4. The van der Waals surface area contributed by atoms with E-state index < -0.39 is 0 Å². The van der Waals surface area contributed by atoms with Crippen LogP contribution in [-0.4, -0.2) is 19.1 Å². The quantitative estimate of drug-likeness (QED) is 0.189.